The number of nitrogens with one attached hydrogen (secondary N) is 1. The van der Waals surface area contributed by atoms with Crippen molar-refractivity contribution in [3.8, 4) is 22.9 Å². The lowest BCUT2D eigenvalue weighted by Crippen LogP contribution is -2.39. The number of aryl methyl sites for hydroxylation is 1. The second kappa shape index (κ2) is 10.0. The summed E-state index contributed by atoms with van der Waals surface area (Å²) in [5.74, 6) is 1.19. The van der Waals surface area contributed by atoms with Crippen molar-refractivity contribution in [2.45, 2.75) is 50.8 Å². The number of hydrogen-bond acceptors (Lipinski definition) is 6. The lowest BCUT2D eigenvalue weighted by molar-refractivity contribution is -0.207. The van der Waals surface area contributed by atoms with Gasteiger partial charge in [0.2, 0.25) is 0 Å². The highest BCUT2D eigenvalue weighted by molar-refractivity contribution is 5.77. The third-order valence-electron chi connectivity index (χ3n) is 6.53. The summed E-state index contributed by atoms with van der Waals surface area (Å²) in [4.78, 5) is 31.3. The Morgan fingerprint density at radius 2 is 1.87 bits per heavy atom. The van der Waals surface area contributed by atoms with Gasteiger partial charge >= 0.3 is 11.9 Å². The van der Waals surface area contributed by atoms with Crippen LogP contribution in [0, 0.1) is 0 Å². The molecule has 1 unspecified atom stereocenters. The Labute approximate surface area is 214 Å². The Kier molecular flexibility index (Phi) is 6.74. The number of fused-ring (bicyclic) bond motifs is 1. The predicted octanol–water partition coefficient (Wildman–Crippen LogP) is 3.52. The smallest absolute Gasteiger partial charge is 0.416 e. The molecule has 4 aromatic rings. The van der Waals surface area contributed by atoms with Gasteiger partial charge in [0.1, 0.15) is 12.4 Å². The molecule has 12 heteroatoms. The third kappa shape index (κ3) is 5.03. The van der Waals surface area contributed by atoms with E-state index in [1.807, 2.05) is 35.3 Å². The first kappa shape index (κ1) is 25.6. The highest BCUT2D eigenvalue weighted by Crippen LogP contribution is 2.37. The van der Waals surface area contributed by atoms with Gasteiger partial charge in [0.25, 0.3) is 5.56 Å². The molecule has 2 heterocycles. The van der Waals surface area contributed by atoms with Crippen LogP contribution < -0.4 is 20.7 Å². The standard InChI is InChI=1S/C26H25F3N4O5/c1-32-21-23(33(25(36)31-24(21)35)13-20(34)26(27,28)29)30-22(32)16-10-11-18(19(12-16)38-17-8-5-9-17)37-14-15-6-3-2-4-7-15/h2-4,6-7,10-12,17,20,34H,5,8-9,13-14H2,1H3,(H,31,35,36). The van der Waals surface area contributed by atoms with E-state index in [9.17, 15) is 27.9 Å². The molecule has 9 nitrogen and oxygen atoms in total. The molecule has 38 heavy (non-hydrogen) atoms. The van der Waals surface area contributed by atoms with Crippen molar-refractivity contribution in [1.82, 2.24) is 19.1 Å². The number of aromatic nitrogens is 4. The van der Waals surface area contributed by atoms with Gasteiger partial charge < -0.3 is 19.1 Å². The van der Waals surface area contributed by atoms with E-state index in [-0.39, 0.29) is 23.1 Å². The fourth-order valence-electron chi connectivity index (χ4n) is 4.21. The van der Waals surface area contributed by atoms with E-state index in [1.165, 1.54) is 11.6 Å². The summed E-state index contributed by atoms with van der Waals surface area (Å²) in [5.41, 5.74) is -0.822. The zero-order valence-electron chi connectivity index (χ0n) is 20.4. The van der Waals surface area contributed by atoms with Crippen LogP contribution in [-0.4, -0.2) is 42.6 Å². The minimum absolute atomic E-state index is 0.0293. The largest absolute Gasteiger partial charge is 0.487 e. The fraction of sp³-hybridized carbons (Fsp3) is 0.346. The van der Waals surface area contributed by atoms with Crippen LogP contribution in [0.2, 0.25) is 0 Å². The maximum absolute atomic E-state index is 13.0. The number of aromatic amines is 1. The molecule has 0 radical (unpaired) electrons. The Bertz CT molecular complexity index is 1570. The second-order valence-electron chi connectivity index (χ2n) is 9.20. The van der Waals surface area contributed by atoms with Crippen molar-refractivity contribution in [2.24, 2.45) is 7.05 Å². The Hall–Kier alpha value is -4.06. The van der Waals surface area contributed by atoms with E-state index in [2.05, 4.69) is 4.98 Å². The van der Waals surface area contributed by atoms with Crippen molar-refractivity contribution in [2.75, 3.05) is 0 Å². The molecule has 2 aromatic heterocycles. The van der Waals surface area contributed by atoms with Crippen molar-refractivity contribution in [3.05, 3.63) is 74.9 Å². The molecule has 1 fully saturated rings. The number of alkyl halides is 3. The minimum Gasteiger partial charge on any atom is -0.487 e. The Morgan fingerprint density at radius 1 is 1.13 bits per heavy atom. The normalized spacial score (nSPS) is 14.9. The molecule has 2 aromatic carbocycles. The number of aliphatic hydroxyl groups excluding tert-OH is 1. The van der Waals surface area contributed by atoms with Gasteiger partial charge in [0, 0.05) is 12.6 Å². The fourth-order valence-corrected chi connectivity index (χ4v) is 4.21. The van der Waals surface area contributed by atoms with Crippen molar-refractivity contribution in [3.63, 3.8) is 0 Å². The maximum atomic E-state index is 13.0. The molecule has 0 spiro atoms. The summed E-state index contributed by atoms with van der Waals surface area (Å²) in [5, 5.41) is 9.56. The monoisotopic (exact) mass is 530 g/mol. The number of H-pyrrole nitrogens is 1. The van der Waals surface area contributed by atoms with E-state index < -0.39 is 30.1 Å². The molecule has 0 amide bonds. The lowest BCUT2D eigenvalue weighted by atomic mass is 9.96. The summed E-state index contributed by atoms with van der Waals surface area (Å²) in [6.45, 7) is -0.801. The van der Waals surface area contributed by atoms with Crippen molar-refractivity contribution in [1.29, 1.82) is 0 Å². The summed E-state index contributed by atoms with van der Waals surface area (Å²) < 4.78 is 53.2. The molecular weight excluding hydrogens is 505 g/mol. The van der Waals surface area contributed by atoms with Crippen molar-refractivity contribution >= 4 is 11.2 Å². The quantitative estimate of drug-likeness (QED) is 0.361. The molecule has 0 saturated heterocycles. The molecule has 1 saturated carbocycles. The number of rotatable bonds is 8. The second-order valence-corrected chi connectivity index (χ2v) is 9.20. The molecule has 0 aliphatic heterocycles. The predicted molar refractivity (Wildman–Crippen MR) is 132 cm³/mol. The molecule has 2 N–H and O–H groups in total. The van der Waals surface area contributed by atoms with Crippen LogP contribution in [0.3, 0.4) is 0 Å². The van der Waals surface area contributed by atoms with Gasteiger partial charge in [-0.2, -0.15) is 13.2 Å². The van der Waals surface area contributed by atoms with Crippen LogP contribution in [0.5, 0.6) is 11.5 Å². The van der Waals surface area contributed by atoms with Gasteiger partial charge in [0.05, 0.1) is 12.6 Å². The number of aliphatic hydroxyl groups is 1. The third-order valence-corrected chi connectivity index (χ3v) is 6.53. The first-order chi connectivity index (χ1) is 18.1. The van der Waals surface area contributed by atoms with Crippen LogP contribution in [0.4, 0.5) is 13.2 Å². The van der Waals surface area contributed by atoms with Crippen LogP contribution >= 0.6 is 0 Å². The summed E-state index contributed by atoms with van der Waals surface area (Å²) in [7, 11) is 1.52. The van der Waals surface area contributed by atoms with E-state index >= 15 is 0 Å². The molecule has 0 bridgehead atoms. The molecule has 5 rings (SSSR count). The summed E-state index contributed by atoms with van der Waals surface area (Å²) in [6.07, 6.45) is -4.89. The zero-order chi connectivity index (χ0) is 27.0. The maximum Gasteiger partial charge on any atom is 0.416 e. The number of halogens is 3. The van der Waals surface area contributed by atoms with Crippen LogP contribution in [0.25, 0.3) is 22.6 Å². The minimum atomic E-state index is -4.96. The average Bonchev–Trinajstić information content (AvgIpc) is 3.20. The van der Waals surface area contributed by atoms with Crippen LogP contribution in [-0.2, 0) is 20.2 Å². The van der Waals surface area contributed by atoms with E-state index in [0.717, 1.165) is 24.8 Å². The van der Waals surface area contributed by atoms with Gasteiger partial charge in [-0.25, -0.2) is 9.78 Å². The first-order valence-electron chi connectivity index (χ1n) is 12.0. The van der Waals surface area contributed by atoms with Crippen LogP contribution in [0.15, 0.2) is 58.1 Å². The van der Waals surface area contributed by atoms with E-state index in [4.69, 9.17) is 9.47 Å². The number of imidazole rings is 1. The SMILES string of the molecule is Cn1c(-c2ccc(OCc3ccccc3)c(OC3CCC3)c2)nc2c1c(=O)[nH]c(=O)n2CC(O)C(F)(F)F. The topological polar surface area (TPSA) is 111 Å². The average molecular weight is 531 g/mol. The molecular formula is C26H25F3N4O5. The highest BCUT2D eigenvalue weighted by atomic mass is 19.4. The Balaban J connectivity index is 1.55. The number of hydrogen-bond donors (Lipinski definition) is 2. The van der Waals surface area contributed by atoms with E-state index in [1.54, 1.807) is 18.2 Å². The molecule has 1 aliphatic rings. The first-order valence-corrected chi connectivity index (χ1v) is 12.0. The lowest BCUT2D eigenvalue weighted by Gasteiger charge is -2.27. The summed E-state index contributed by atoms with van der Waals surface area (Å²) in [6, 6.07) is 14.7. The number of ether oxygens (including phenoxy) is 2. The molecule has 1 atom stereocenters. The van der Waals surface area contributed by atoms with Crippen molar-refractivity contribution < 1.29 is 27.8 Å². The Morgan fingerprint density at radius 3 is 2.53 bits per heavy atom. The number of benzene rings is 2. The summed E-state index contributed by atoms with van der Waals surface area (Å²) >= 11 is 0. The molecule has 200 valence electrons. The number of nitrogens with zero attached hydrogens (tertiary/aromatic N) is 3. The van der Waals surface area contributed by atoms with Crippen LogP contribution in [0.1, 0.15) is 24.8 Å². The molecule has 1 aliphatic carbocycles. The van der Waals surface area contributed by atoms with Gasteiger partial charge in [-0.3, -0.25) is 14.3 Å². The van der Waals surface area contributed by atoms with Gasteiger partial charge in [-0.05, 0) is 43.0 Å². The van der Waals surface area contributed by atoms with Gasteiger partial charge in [0.15, 0.2) is 28.8 Å². The van der Waals surface area contributed by atoms with E-state index in [0.29, 0.717) is 28.2 Å². The van der Waals surface area contributed by atoms with Gasteiger partial charge in [-0.1, -0.05) is 30.3 Å². The van der Waals surface area contributed by atoms with Gasteiger partial charge in [-0.15, -0.1) is 0 Å². The zero-order valence-corrected chi connectivity index (χ0v) is 20.4. The highest BCUT2D eigenvalue weighted by Gasteiger charge is 2.39.